The van der Waals surface area contributed by atoms with Crippen LogP contribution in [0.15, 0.2) is 60.7 Å². The van der Waals surface area contributed by atoms with E-state index in [9.17, 15) is 4.79 Å². The van der Waals surface area contributed by atoms with Crippen LogP contribution in [0.25, 0.3) is 21.5 Å². The van der Waals surface area contributed by atoms with Gasteiger partial charge in [-0.1, -0.05) is 63.7 Å². The van der Waals surface area contributed by atoms with E-state index in [1.165, 1.54) is 5.56 Å². The summed E-state index contributed by atoms with van der Waals surface area (Å²) in [7, 11) is 0. The van der Waals surface area contributed by atoms with Gasteiger partial charge in [0.15, 0.2) is 0 Å². The first kappa shape index (κ1) is 21.8. The van der Waals surface area contributed by atoms with Crippen LogP contribution in [0.3, 0.4) is 0 Å². The van der Waals surface area contributed by atoms with Gasteiger partial charge in [0.1, 0.15) is 19.0 Å². The summed E-state index contributed by atoms with van der Waals surface area (Å²) in [5.41, 5.74) is 1.71. The molecule has 0 heterocycles. The molecule has 3 rings (SSSR count). The number of esters is 1. The Hall–Kier alpha value is -2.85. The van der Waals surface area contributed by atoms with Gasteiger partial charge in [-0.25, -0.2) is 4.79 Å². The third-order valence-corrected chi connectivity index (χ3v) is 4.96. The average molecular weight is 407 g/mol. The minimum atomic E-state index is -0.397. The Kier molecular flexibility index (Phi) is 6.78. The van der Waals surface area contributed by atoms with Crippen LogP contribution < -0.4 is 4.74 Å². The van der Waals surface area contributed by atoms with Crippen molar-refractivity contribution in [3.05, 3.63) is 66.2 Å². The van der Waals surface area contributed by atoms with Gasteiger partial charge in [-0.15, -0.1) is 0 Å². The van der Waals surface area contributed by atoms with E-state index in [0.29, 0.717) is 25.4 Å². The van der Waals surface area contributed by atoms with Gasteiger partial charge in [0, 0.05) is 16.3 Å². The molecule has 0 saturated heterocycles. The fourth-order valence-corrected chi connectivity index (χ4v) is 3.26. The molecule has 0 fully saturated rings. The monoisotopic (exact) mass is 406 g/mol. The number of fused-ring (bicyclic) bond motifs is 2. The summed E-state index contributed by atoms with van der Waals surface area (Å²) in [6, 6.07) is 17.1. The van der Waals surface area contributed by atoms with Crippen LogP contribution in [0, 0.1) is 0 Å². The summed E-state index contributed by atoms with van der Waals surface area (Å²) in [5, 5.41) is 4.50. The maximum atomic E-state index is 11.4. The van der Waals surface area contributed by atoms with E-state index >= 15 is 0 Å². The Bertz CT molecular complexity index is 1060. The van der Waals surface area contributed by atoms with Crippen molar-refractivity contribution in [2.75, 3.05) is 26.4 Å². The van der Waals surface area contributed by atoms with Crippen molar-refractivity contribution in [3.8, 4) is 5.75 Å². The van der Waals surface area contributed by atoms with Gasteiger partial charge in [-0.2, -0.15) is 0 Å². The second-order valence-electron chi connectivity index (χ2n) is 8.49. The molecule has 3 aromatic rings. The fourth-order valence-electron chi connectivity index (χ4n) is 3.26. The van der Waals surface area contributed by atoms with Crippen LogP contribution in [-0.4, -0.2) is 32.4 Å². The summed E-state index contributed by atoms with van der Waals surface area (Å²) < 4.78 is 16.8. The van der Waals surface area contributed by atoms with Gasteiger partial charge < -0.3 is 14.2 Å². The zero-order chi connectivity index (χ0) is 21.7. The SMILES string of the molecule is C=C(C)C(=O)OCCOCCOc1c2ccccc2cc2ccc(C(C)(C)C)cc12. The Morgan fingerprint density at radius 3 is 2.33 bits per heavy atom. The zero-order valence-corrected chi connectivity index (χ0v) is 18.3. The van der Waals surface area contributed by atoms with E-state index in [0.717, 1.165) is 27.3 Å². The minimum Gasteiger partial charge on any atom is -0.490 e. The molecule has 0 radical (unpaired) electrons. The molecule has 0 aromatic heterocycles. The van der Waals surface area contributed by atoms with Crippen molar-refractivity contribution in [2.45, 2.75) is 33.1 Å². The van der Waals surface area contributed by atoms with Crippen LogP contribution in [-0.2, 0) is 19.7 Å². The van der Waals surface area contributed by atoms with Gasteiger partial charge in [0.2, 0.25) is 0 Å². The Labute approximate surface area is 178 Å². The predicted molar refractivity (Wildman–Crippen MR) is 122 cm³/mol. The standard InChI is InChI=1S/C26H30O4/c1-18(2)25(27)30-15-13-28-12-14-29-24-22-9-7-6-8-19(22)16-20-10-11-21(17-23(20)24)26(3,4)5/h6-11,16-17H,1,12-15H2,2-5H3. The molecule has 4 heteroatoms. The highest BCUT2D eigenvalue weighted by atomic mass is 16.6. The average Bonchev–Trinajstić information content (AvgIpc) is 2.71. The smallest absolute Gasteiger partial charge is 0.333 e. The molecule has 0 spiro atoms. The maximum Gasteiger partial charge on any atom is 0.333 e. The van der Waals surface area contributed by atoms with Crippen LogP contribution in [0.1, 0.15) is 33.3 Å². The van der Waals surface area contributed by atoms with E-state index in [2.05, 4.69) is 63.7 Å². The van der Waals surface area contributed by atoms with Crippen molar-refractivity contribution in [1.29, 1.82) is 0 Å². The van der Waals surface area contributed by atoms with E-state index in [1.54, 1.807) is 6.92 Å². The number of hydrogen-bond donors (Lipinski definition) is 0. The maximum absolute atomic E-state index is 11.4. The third kappa shape index (κ3) is 5.19. The van der Waals surface area contributed by atoms with Crippen LogP contribution >= 0.6 is 0 Å². The van der Waals surface area contributed by atoms with Gasteiger partial charge >= 0.3 is 5.97 Å². The zero-order valence-electron chi connectivity index (χ0n) is 18.3. The normalized spacial score (nSPS) is 11.6. The minimum absolute atomic E-state index is 0.0570. The second kappa shape index (κ2) is 9.31. The van der Waals surface area contributed by atoms with E-state index < -0.39 is 5.97 Å². The largest absolute Gasteiger partial charge is 0.490 e. The summed E-state index contributed by atoms with van der Waals surface area (Å²) in [5.74, 6) is 0.484. The summed E-state index contributed by atoms with van der Waals surface area (Å²) >= 11 is 0. The highest BCUT2D eigenvalue weighted by Gasteiger charge is 2.16. The molecule has 0 saturated carbocycles. The highest BCUT2D eigenvalue weighted by molar-refractivity contribution is 6.05. The molecular weight excluding hydrogens is 376 g/mol. The van der Waals surface area contributed by atoms with Crippen molar-refractivity contribution in [1.82, 2.24) is 0 Å². The van der Waals surface area contributed by atoms with Gasteiger partial charge in [0.05, 0.1) is 13.2 Å². The lowest BCUT2D eigenvalue weighted by molar-refractivity contribution is -0.140. The summed E-state index contributed by atoms with van der Waals surface area (Å²) in [4.78, 5) is 11.4. The van der Waals surface area contributed by atoms with Crippen molar-refractivity contribution < 1.29 is 19.0 Å². The number of carbonyl (C=O) groups excluding carboxylic acids is 1. The lowest BCUT2D eigenvalue weighted by atomic mass is 9.85. The lowest BCUT2D eigenvalue weighted by Crippen LogP contribution is -2.14. The lowest BCUT2D eigenvalue weighted by Gasteiger charge is -2.21. The Morgan fingerprint density at radius 1 is 0.900 bits per heavy atom. The topological polar surface area (TPSA) is 44.8 Å². The summed E-state index contributed by atoms with van der Waals surface area (Å²) in [6.07, 6.45) is 0. The molecule has 0 aliphatic heterocycles. The van der Waals surface area contributed by atoms with Crippen LogP contribution in [0.4, 0.5) is 0 Å². The van der Waals surface area contributed by atoms with Gasteiger partial charge in [0.25, 0.3) is 0 Å². The molecule has 3 aromatic carbocycles. The van der Waals surface area contributed by atoms with Gasteiger partial charge in [-0.3, -0.25) is 0 Å². The van der Waals surface area contributed by atoms with E-state index in [1.807, 2.05) is 12.1 Å². The van der Waals surface area contributed by atoms with Crippen molar-refractivity contribution in [2.24, 2.45) is 0 Å². The Morgan fingerprint density at radius 2 is 1.60 bits per heavy atom. The molecule has 0 unspecified atom stereocenters. The molecule has 0 N–H and O–H groups in total. The fraction of sp³-hybridized carbons (Fsp3) is 0.346. The molecule has 0 bridgehead atoms. The summed E-state index contributed by atoms with van der Waals surface area (Å²) in [6.45, 7) is 13.2. The first-order valence-electron chi connectivity index (χ1n) is 10.3. The van der Waals surface area contributed by atoms with Crippen molar-refractivity contribution >= 4 is 27.5 Å². The molecule has 0 aliphatic carbocycles. The number of carbonyl (C=O) groups is 1. The Balaban J connectivity index is 1.74. The number of ether oxygens (including phenoxy) is 3. The van der Waals surface area contributed by atoms with Crippen molar-refractivity contribution in [3.63, 3.8) is 0 Å². The van der Waals surface area contributed by atoms with E-state index in [-0.39, 0.29) is 12.0 Å². The molecule has 0 atom stereocenters. The number of hydrogen-bond acceptors (Lipinski definition) is 4. The molecule has 30 heavy (non-hydrogen) atoms. The van der Waals surface area contributed by atoms with Crippen LogP contribution in [0.5, 0.6) is 5.75 Å². The molecule has 0 aliphatic rings. The quantitative estimate of drug-likeness (QED) is 0.205. The molecule has 158 valence electrons. The first-order valence-corrected chi connectivity index (χ1v) is 10.3. The van der Waals surface area contributed by atoms with Crippen LogP contribution in [0.2, 0.25) is 0 Å². The molecular formula is C26H30O4. The first-order chi connectivity index (χ1) is 14.3. The second-order valence-corrected chi connectivity index (χ2v) is 8.49. The highest BCUT2D eigenvalue weighted by Crippen LogP contribution is 2.37. The van der Waals surface area contributed by atoms with Gasteiger partial charge in [-0.05, 0) is 40.8 Å². The predicted octanol–water partition coefficient (Wildman–Crippen LogP) is 5.81. The molecule has 4 nitrogen and oxygen atoms in total. The number of rotatable bonds is 8. The van der Waals surface area contributed by atoms with E-state index in [4.69, 9.17) is 14.2 Å². The number of benzene rings is 3. The third-order valence-electron chi connectivity index (χ3n) is 4.96. The molecule has 0 amide bonds.